The van der Waals surface area contributed by atoms with Gasteiger partial charge >= 0.3 is 0 Å². The molecule has 3 nitrogen and oxygen atoms in total. The van der Waals surface area contributed by atoms with Crippen LogP contribution in [0.1, 0.15) is 12.8 Å². The van der Waals surface area contributed by atoms with Gasteiger partial charge in [0.25, 0.3) is 0 Å². The zero-order valence-corrected chi connectivity index (χ0v) is 9.12. The van der Waals surface area contributed by atoms with Gasteiger partial charge < -0.3 is 15.4 Å². The van der Waals surface area contributed by atoms with Crippen molar-refractivity contribution in [1.82, 2.24) is 5.32 Å². The monoisotopic (exact) mass is 206 g/mol. The summed E-state index contributed by atoms with van der Waals surface area (Å²) in [7, 11) is 1.70. The second kappa shape index (κ2) is 5.03. The Kier molecular flexibility index (Phi) is 3.45. The highest BCUT2D eigenvalue weighted by Gasteiger charge is 2.12. The zero-order chi connectivity index (χ0) is 10.5. The summed E-state index contributed by atoms with van der Waals surface area (Å²) in [6, 6.07) is 8.71. The fraction of sp³-hybridized carbons (Fsp3) is 0.500. The molecule has 1 fully saturated rings. The van der Waals surface area contributed by atoms with Gasteiger partial charge in [0.15, 0.2) is 0 Å². The Hall–Kier alpha value is -1.22. The Morgan fingerprint density at radius 3 is 2.87 bits per heavy atom. The average molecular weight is 206 g/mol. The topological polar surface area (TPSA) is 33.3 Å². The second-order valence-corrected chi connectivity index (χ2v) is 3.90. The minimum Gasteiger partial charge on any atom is -0.497 e. The number of ether oxygens (including phenoxy) is 1. The fourth-order valence-corrected chi connectivity index (χ4v) is 1.91. The average Bonchev–Trinajstić information content (AvgIpc) is 2.31. The van der Waals surface area contributed by atoms with Crippen molar-refractivity contribution in [3.8, 4) is 5.75 Å². The van der Waals surface area contributed by atoms with Crippen molar-refractivity contribution in [1.29, 1.82) is 0 Å². The second-order valence-electron chi connectivity index (χ2n) is 3.90. The largest absolute Gasteiger partial charge is 0.497 e. The molecule has 0 atom stereocenters. The van der Waals surface area contributed by atoms with Crippen LogP contribution in [0.2, 0.25) is 0 Å². The number of hydrogen-bond donors (Lipinski definition) is 2. The van der Waals surface area contributed by atoms with Crippen LogP contribution in [-0.2, 0) is 0 Å². The molecule has 1 saturated heterocycles. The number of hydrogen-bond acceptors (Lipinski definition) is 3. The Morgan fingerprint density at radius 2 is 2.13 bits per heavy atom. The minimum absolute atomic E-state index is 0.596. The smallest absolute Gasteiger partial charge is 0.120 e. The molecule has 15 heavy (non-hydrogen) atoms. The summed E-state index contributed by atoms with van der Waals surface area (Å²) < 4.78 is 5.19. The quantitative estimate of drug-likeness (QED) is 0.792. The lowest BCUT2D eigenvalue weighted by Crippen LogP contribution is -2.35. The van der Waals surface area contributed by atoms with Gasteiger partial charge in [0.1, 0.15) is 5.75 Å². The number of piperidine rings is 1. The molecule has 0 bridgehead atoms. The number of benzene rings is 1. The SMILES string of the molecule is COc1cccc(NC2CCNCC2)c1. The van der Waals surface area contributed by atoms with Crippen LogP contribution in [0.15, 0.2) is 24.3 Å². The van der Waals surface area contributed by atoms with Crippen LogP contribution in [-0.4, -0.2) is 26.2 Å². The van der Waals surface area contributed by atoms with E-state index in [1.54, 1.807) is 7.11 Å². The van der Waals surface area contributed by atoms with Crippen LogP contribution in [0, 0.1) is 0 Å². The first-order chi connectivity index (χ1) is 7.38. The third kappa shape index (κ3) is 2.86. The van der Waals surface area contributed by atoms with E-state index >= 15 is 0 Å². The number of nitrogens with one attached hydrogen (secondary N) is 2. The molecule has 0 aromatic heterocycles. The van der Waals surface area contributed by atoms with Crippen molar-refractivity contribution in [2.24, 2.45) is 0 Å². The van der Waals surface area contributed by atoms with Crippen molar-refractivity contribution in [2.45, 2.75) is 18.9 Å². The molecule has 2 N–H and O–H groups in total. The first-order valence-corrected chi connectivity index (χ1v) is 5.50. The van der Waals surface area contributed by atoms with Crippen molar-refractivity contribution in [3.05, 3.63) is 24.3 Å². The maximum absolute atomic E-state index is 5.19. The van der Waals surface area contributed by atoms with E-state index < -0.39 is 0 Å². The maximum Gasteiger partial charge on any atom is 0.120 e. The highest BCUT2D eigenvalue weighted by atomic mass is 16.5. The van der Waals surface area contributed by atoms with E-state index in [9.17, 15) is 0 Å². The molecule has 3 heteroatoms. The van der Waals surface area contributed by atoms with Crippen LogP contribution in [0.5, 0.6) is 5.75 Å². The van der Waals surface area contributed by atoms with Crippen molar-refractivity contribution < 1.29 is 4.74 Å². The van der Waals surface area contributed by atoms with E-state index in [0.717, 1.165) is 24.5 Å². The number of rotatable bonds is 3. The van der Waals surface area contributed by atoms with Crippen LogP contribution in [0.3, 0.4) is 0 Å². The van der Waals surface area contributed by atoms with Crippen molar-refractivity contribution in [2.75, 3.05) is 25.5 Å². The van der Waals surface area contributed by atoms with E-state index in [4.69, 9.17) is 4.74 Å². The third-order valence-electron chi connectivity index (χ3n) is 2.78. The molecule has 0 aliphatic carbocycles. The van der Waals surface area contributed by atoms with Gasteiger partial charge in [0, 0.05) is 17.8 Å². The molecule has 0 amide bonds. The maximum atomic E-state index is 5.19. The Balaban J connectivity index is 1.96. The summed E-state index contributed by atoms with van der Waals surface area (Å²) in [6.45, 7) is 2.23. The number of methoxy groups -OCH3 is 1. The van der Waals surface area contributed by atoms with Gasteiger partial charge in [-0.05, 0) is 38.1 Å². The lowest BCUT2D eigenvalue weighted by molar-refractivity contribution is 0.414. The number of anilines is 1. The molecule has 1 aromatic carbocycles. The van der Waals surface area contributed by atoms with Crippen LogP contribution >= 0.6 is 0 Å². The molecule has 2 rings (SSSR count). The Morgan fingerprint density at radius 1 is 1.33 bits per heavy atom. The summed E-state index contributed by atoms with van der Waals surface area (Å²) in [5, 5.41) is 6.89. The van der Waals surface area contributed by atoms with E-state index in [-0.39, 0.29) is 0 Å². The molecule has 82 valence electrons. The molecular weight excluding hydrogens is 188 g/mol. The van der Waals surface area contributed by atoms with Crippen molar-refractivity contribution in [3.63, 3.8) is 0 Å². The Bertz CT molecular complexity index is 308. The van der Waals surface area contributed by atoms with Gasteiger partial charge in [-0.3, -0.25) is 0 Å². The summed E-state index contributed by atoms with van der Waals surface area (Å²) in [5.74, 6) is 0.911. The fourth-order valence-electron chi connectivity index (χ4n) is 1.91. The lowest BCUT2D eigenvalue weighted by Gasteiger charge is -2.24. The Labute approximate surface area is 90.8 Å². The molecule has 1 aliphatic heterocycles. The lowest BCUT2D eigenvalue weighted by atomic mass is 10.1. The van der Waals surface area contributed by atoms with E-state index in [0.29, 0.717) is 6.04 Å². The van der Waals surface area contributed by atoms with Gasteiger partial charge in [0.05, 0.1) is 7.11 Å². The normalized spacial score (nSPS) is 17.4. The van der Waals surface area contributed by atoms with Gasteiger partial charge in [-0.1, -0.05) is 6.07 Å². The standard InChI is InChI=1S/C12H18N2O/c1-15-12-4-2-3-11(9-12)14-10-5-7-13-8-6-10/h2-4,9-10,13-14H,5-8H2,1H3. The molecule has 0 spiro atoms. The van der Waals surface area contributed by atoms with Gasteiger partial charge in [-0.2, -0.15) is 0 Å². The summed E-state index contributed by atoms with van der Waals surface area (Å²) in [4.78, 5) is 0. The van der Waals surface area contributed by atoms with Gasteiger partial charge in [-0.25, -0.2) is 0 Å². The first-order valence-electron chi connectivity index (χ1n) is 5.50. The van der Waals surface area contributed by atoms with E-state index in [1.165, 1.54) is 12.8 Å². The molecule has 0 radical (unpaired) electrons. The van der Waals surface area contributed by atoms with E-state index in [1.807, 2.05) is 18.2 Å². The molecule has 0 unspecified atom stereocenters. The molecule has 1 aliphatic rings. The van der Waals surface area contributed by atoms with Crippen LogP contribution < -0.4 is 15.4 Å². The highest BCUT2D eigenvalue weighted by molar-refractivity contribution is 5.48. The van der Waals surface area contributed by atoms with Gasteiger partial charge in [-0.15, -0.1) is 0 Å². The highest BCUT2D eigenvalue weighted by Crippen LogP contribution is 2.19. The van der Waals surface area contributed by atoms with Crippen LogP contribution in [0.4, 0.5) is 5.69 Å². The predicted molar refractivity (Wildman–Crippen MR) is 62.5 cm³/mol. The van der Waals surface area contributed by atoms with E-state index in [2.05, 4.69) is 16.7 Å². The van der Waals surface area contributed by atoms with Crippen molar-refractivity contribution >= 4 is 5.69 Å². The van der Waals surface area contributed by atoms with Crippen LogP contribution in [0.25, 0.3) is 0 Å². The predicted octanol–water partition coefficient (Wildman–Crippen LogP) is 1.86. The molecule has 1 heterocycles. The minimum atomic E-state index is 0.596. The summed E-state index contributed by atoms with van der Waals surface area (Å²) in [5.41, 5.74) is 1.15. The first kappa shape index (κ1) is 10.3. The van der Waals surface area contributed by atoms with Gasteiger partial charge in [0.2, 0.25) is 0 Å². The molecule has 0 saturated carbocycles. The summed E-state index contributed by atoms with van der Waals surface area (Å²) in [6.07, 6.45) is 2.38. The molecule has 1 aromatic rings. The molecular formula is C12H18N2O. The summed E-state index contributed by atoms with van der Waals surface area (Å²) >= 11 is 0. The zero-order valence-electron chi connectivity index (χ0n) is 9.12. The third-order valence-corrected chi connectivity index (χ3v) is 2.78.